The Morgan fingerprint density at radius 2 is 2.14 bits per heavy atom. The predicted molar refractivity (Wildman–Crippen MR) is 82.7 cm³/mol. The Morgan fingerprint density at radius 1 is 1.27 bits per heavy atom. The third-order valence-electron chi connectivity index (χ3n) is 3.81. The number of nitrogens with zero attached hydrogens (tertiary/aromatic N) is 4. The van der Waals surface area contributed by atoms with Crippen LogP contribution >= 0.6 is 0 Å². The Morgan fingerprint density at radius 3 is 2.73 bits per heavy atom. The average molecular weight is 300 g/mol. The van der Waals surface area contributed by atoms with Crippen LogP contribution in [0.5, 0.6) is 0 Å². The van der Waals surface area contributed by atoms with Crippen molar-refractivity contribution in [2.45, 2.75) is 26.2 Å². The molecule has 1 saturated carbocycles. The second kappa shape index (κ2) is 6.55. The molecule has 3 rings (SSSR count). The summed E-state index contributed by atoms with van der Waals surface area (Å²) in [7, 11) is 0. The highest BCUT2D eigenvalue weighted by Gasteiger charge is 2.24. The van der Waals surface area contributed by atoms with E-state index in [0.717, 1.165) is 18.5 Å². The van der Waals surface area contributed by atoms with E-state index >= 15 is 0 Å². The monoisotopic (exact) mass is 300 g/mol. The van der Waals surface area contributed by atoms with Crippen molar-refractivity contribution >= 4 is 11.7 Å². The number of nitrogens with one attached hydrogen (secondary N) is 2. The second-order valence-corrected chi connectivity index (χ2v) is 5.52. The van der Waals surface area contributed by atoms with Crippen molar-refractivity contribution in [3.05, 3.63) is 30.1 Å². The molecule has 2 aromatic heterocycles. The third-order valence-corrected chi connectivity index (χ3v) is 3.81. The lowest BCUT2D eigenvalue weighted by Gasteiger charge is -2.24. The third kappa shape index (κ3) is 3.41. The van der Waals surface area contributed by atoms with Gasteiger partial charge in [0.25, 0.3) is 0 Å². The first-order valence-electron chi connectivity index (χ1n) is 7.60. The molecule has 0 bridgehead atoms. The van der Waals surface area contributed by atoms with E-state index in [2.05, 4.69) is 25.9 Å². The second-order valence-electron chi connectivity index (χ2n) is 5.52. The molecule has 0 aliphatic heterocycles. The van der Waals surface area contributed by atoms with Gasteiger partial charge in [0.1, 0.15) is 5.82 Å². The number of hydrogen-bond donors (Lipinski definition) is 2. The van der Waals surface area contributed by atoms with Crippen LogP contribution in [0, 0.1) is 12.8 Å². The Balaban J connectivity index is 1.44. The minimum atomic E-state index is 0.170. The molecule has 0 aromatic carbocycles. The molecule has 7 nitrogen and oxygen atoms in total. The zero-order valence-corrected chi connectivity index (χ0v) is 12.6. The Bertz CT molecular complexity index is 632. The van der Waals surface area contributed by atoms with Gasteiger partial charge in [-0.05, 0) is 38.0 Å². The van der Waals surface area contributed by atoms with Crippen molar-refractivity contribution in [2.75, 3.05) is 18.4 Å². The quantitative estimate of drug-likeness (QED) is 0.786. The SMILES string of the molecule is Cc1ccn(-c2ccc(NCCNC(=O)C3CCC3)nn2)n1. The molecule has 0 saturated heterocycles. The largest absolute Gasteiger partial charge is 0.367 e. The highest BCUT2D eigenvalue weighted by atomic mass is 16.1. The minimum absolute atomic E-state index is 0.170. The summed E-state index contributed by atoms with van der Waals surface area (Å²) in [5.41, 5.74) is 0.936. The van der Waals surface area contributed by atoms with Gasteiger partial charge in [0.05, 0.1) is 5.69 Å². The summed E-state index contributed by atoms with van der Waals surface area (Å²) < 4.78 is 1.69. The molecule has 116 valence electrons. The fourth-order valence-corrected chi connectivity index (χ4v) is 2.28. The maximum Gasteiger partial charge on any atom is 0.223 e. The van der Waals surface area contributed by atoms with Crippen molar-refractivity contribution in [3.8, 4) is 5.82 Å². The lowest BCUT2D eigenvalue weighted by atomic mass is 9.85. The number of carbonyl (C=O) groups is 1. The summed E-state index contributed by atoms with van der Waals surface area (Å²) in [4.78, 5) is 11.7. The molecular formula is C15H20N6O. The van der Waals surface area contributed by atoms with E-state index in [9.17, 15) is 4.79 Å². The van der Waals surface area contributed by atoms with Crippen LogP contribution in [0.1, 0.15) is 25.0 Å². The molecule has 0 unspecified atom stereocenters. The highest BCUT2D eigenvalue weighted by Crippen LogP contribution is 2.25. The molecule has 0 radical (unpaired) electrons. The van der Waals surface area contributed by atoms with Gasteiger partial charge in [-0.15, -0.1) is 10.2 Å². The molecule has 1 fully saturated rings. The van der Waals surface area contributed by atoms with Crippen LogP contribution < -0.4 is 10.6 Å². The molecule has 0 atom stereocenters. The van der Waals surface area contributed by atoms with E-state index in [1.807, 2.05) is 31.3 Å². The molecule has 1 amide bonds. The highest BCUT2D eigenvalue weighted by molar-refractivity contribution is 5.79. The summed E-state index contributed by atoms with van der Waals surface area (Å²) in [6, 6.07) is 5.63. The zero-order chi connectivity index (χ0) is 15.4. The van der Waals surface area contributed by atoms with Crippen LogP contribution in [0.4, 0.5) is 5.82 Å². The van der Waals surface area contributed by atoms with Gasteiger partial charge in [-0.2, -0.15) is 5.10 Å². The number of anilines is 1. The molecular weight excluding hydrogens is 280 g/mol. The van der Waals surface area contributed by atoms with Gasteiger partial charge in [-0.1, -0.05) is 6.42 Å². The van der Waals surface area contributed by atoms with Crippen LogP contribution in [-0.4, -0.2) is 39.0 Å². The lowest BCUT2D eigenvalue weighted by molar-refractivity contribution is -0.127. The van der Waals surface area contributed by atoms with Gasteiger partial charge in [-0.25, -0.2) is 4.68 Å². The maximum absolute atomic E-state index is 11.7. The standard InChI is InChI=1S/C15H20N6O/c1-11-7-10-21(20-11)14-6-5-13(18-19-14)16-8-9-17-15(22)12-3-2-4-12/h5-7,10,12H,2-4,8-9H2,1H3,(H,16,18)(H,17,22). The number of hydrogen-bond acceptors (Lipinski definition) is 5. The fourth-order valence-electron chi connectivity index (χ4n) is 2.28. The molecule has 1 aliphatic rings. The molecule has 0 spiro atoms. The van der Waals surface area contributed by atoms with Gasteiger partial charge < -0.3 is 10.6 Å². The van der Waals surface area contributed by atoms with Crippen LogP contribution in [0.25, 0.3) is 5.82 Å². The van der Waals surface area contributed by atoms with Gasteiger partial charge in [0.2, 0.25) is 5.91 Å². The molecule has 2 N–H and O–H groups in total. The van der Waals surface area contributed by atoms with Crippen molar-refractivity contribution < 1.29 is 4.79 Å². The van der Waals surface area contributed by atoms with Crippen molar-refractivity contribution in [1.82, 2.24) is 25.3 Å². The van der Waals surface area contributed by atoms with Gasteiger partial charge >= 0.3 is 0 Å². The van der Waals surface area contributed by atoms with Crippen LogP contribution in [0.3, 0.4) is 0 Å². The fraction of sp³-hybridized carbons (Fsp3) is 0.467. The van der Waals surface area contributed by atoms with Gasteiger partial charge in [-0.3, -0.25) is 4.79 Å². The first kappa shape index (κ1) is 14.5. The van der Waals surface area contributed by atoms with Crippen LogP contribution in [-0.2, 0) is 4.79 Å². The molecule has 2 aromatic rings. The topological polar surface area (TPSA) is 84.7 Å². The van der Waals surface area contributed by atoms with Crippen molar-refractivity contribution in [1.29, 1.82) is 0 Å². The first-order chi connectivity index (χ1) is 10.7. The summed E-state index contributed by atoms with van der Waals surface area (Å²) >= 11 is 0. The number of carbonyl (C=O) groups excluding carboxylic acids is 1. The molecule has 2 heterocycles. The number of amides is 1. The molecule has 22 heavy (non-hydrogen) atoms. The predicted octanol–water partition coefficient (Wildman–Crippen LogP) is 1.30. The Hall–Kier alpha value is -2.44. The molecule has 7 heteroatoms. The Labute approximate surface area is 129 Å². The Kier molecular flexibility index (Phi) is 4.32. The van der Waals surface area contributed by atoms with E-state index < -0.39 is 0 Å². The zero-order valence-electron chi connectivity index (χ0n) is 12.6. The summed E-state index contributed by atoms with van der Waals surface area (Å²) in [6.07, 6.45) is 5.08. The van der Waals surface area contributed by atoms with Crippen molar-refractivity contribution in [3.63, 3.8) is 0 Å². The van der Waals surface area contributed by atoms with E-state index in [4.69, 9.17) is 0 Å². The van der Waals surface area contributed by atoms with E-state index in [0.29, 0.717) is 24.7 Å². The minimum Gasteiger partial charge on any atom is -0.367 e. The average Bonchev–Trinajstić information content (AvgIpc) is 2.89. The number of aryl methyl sites for hydroxylation is 1. The molecule has 1 aliphatic carbocycles. The number of rotatable bonds is 6. The normalized spacial score (nSPS) is 14.4. The lowest BCUT2D eigenvalue weighted by Crippen LogP contribution is -2.36. The van der Waals surface area contributed by atoms with E-state index in [1.54, 1.807) is 4.68 Å². The van der Waals surface area contributed by atoms with Crippen molar-refractivity contribution in [2.24, 2.45) is 5.92 Å². The smallest absolute Gasteiger partial charge is 0.223 e. The summed E-state index contributed by atoms with van der Waals surface area (Å²) in [6.45, 7) is 3.15. The maximum atomic E-state index is 11.7. The van der Waals surface area contributed by atoms with E-state index in [1.165, 1.54) is 6.42 Å². The summed E-state index contributed by atoms with van der Waals surface area (Å²) in [5, 5.41) is 18.6. The van der Waals surface area contributed by atoms with Crippen LogP contribution in [0.2, 0.25) is 0 Å². The van der Waals surface area contributed by atoms with Gasteiger partial charge in [0.15, 0.2) is 5.82 Å². The summed E-state index contributed by atoms with van der Waals surface area (Å²) in [5.74, 6) is 1.77. The first-order valence-corrected chi connectivity index (χ1v) is 7.60. The van der Waals surface area contributed by atoms with E-state index in [-0.39, 0.29) is 11.8 Å². The van der Waals surface area contributed by atoms with Crippen LogP contribution in [0.15, 0.2) is 24.4 Å². The number of aromatic nitrogens is 4. The van der Waals surface area contributed by atoms with Gasteiger partial charge in [0, 0.05) is 25.2 Å².